The van der Waals surface area contributed by atoms with Gasteiger partial charge in [0.05, 0.1) is 7.11 Å². The first-order valence-electron chi connectivity index (χ1n) is 8.11. The number of rotatable bonds is 6. The zero-order chi connectivity index (χ0) is 18.2. The van der Waals surface area contributed by atoms with E-state index in [1.165, 1.54) is 10.5 Å². The average Bonchev–Trinajstić information content (AvgIpc) is 2.51. The average molecular weight is 334 g/mol. The van der Waals surface area contributed by atoms with E-state index in [1.54, 1.807) is 21.2 Å². The normalized spacial score (nSPS) is 11.8. The van der Waals surface area contributed by atoms with Crippen LogP contribution in [0.1, 0.15) is 26.3 Å². The van der Waals surface area contributed by atoms with Crippen LogP contribution < -0.4 is 15.4 Å². The topological polar surface area (TPSA) is 66.0 Å². The van der Waals surface area contributed by atoms with Gasteiger partial charge >= 0.3 is 0 Å². The molecule has 0 heterocycles. The van der Waals surface area contributed by atoms with Gasteiger partial charge in [-0.2, -0.15) is 0 Å². The molecule has 6 heteroatoms. The van der Waals surface area contributed by atoms with Crippen LogP contribution in [0.3, 0.4) is 0 Å². The Bertz CT molecular complexity index is 545. The van der Waals surface area contributed by atoms with Crippen molar-refractivity contribution in [1.29, 1.82) is 0 Å². The van der Waals surface area contributed by atoms with Gasteiger partial charge in [-0.15, -0.1) is 0 Å². The van der Waals surface area contributed by atoms with E-state index in [1.807, 2.05) is 24.3 Å². The fourth-order valence-corrected chi connectivity index (χ4v) is 1.90. The Labute approximate surface area is 145 Å². The summed E-state index contributed by atoms with van der Waals surface area (Å²) in [4.78, 5) is 17.6. The summed E-state index contributed by atoms with van der Waals surface area (Å²) < 4.78 is 5.16. The van der Waals surface area contributed by atoms with Crippen LogP contribution in [0.25, 0.3) is 0 Å². The number of aliphatic imine (C=N–C) groups is 1. The van der Waals surface area contributed by atoms with Crippen LogP contribution >= 0.6 is 0 Å². The molecule has 134 valence electrons. The highest BCUT2D eigenvalue weighted by atomic mass is 16.5. The van der Waals surface area contributed by atoms with Gasteiger partial charge in [0.15, 0.2) is 5.96 Å². The van der Waals surface area contributed by atoms with E-state index < -0.39 is 0 Å². The molecule has 0 atom stereocenters. The summed E-state index contributed by atoms with van der Waals surface area (Å²) in [6.45, 7) is 7.02. The number of hydrogen-bond acceptors (Lipinski definition) is 3. The third-order valence-corrected chi connectivity index (χ3v) is 3.23. The summed E-state index contributed by atoms with van der Waals surface area (Å²) in [6, 6.07) is 8.00. The summed E-state index contributed by atoms with van der Waals surface area (Å²) in [5.74, 6) is 1.47. The van der Waals surface area contributed by atoms with Crippen LogP contribution in [-0.4, -0.2) is 56.6 Å². The number of ether oxygens (including phenoxy) is 1. The summed E-state index contributed by atoms with van der Waals surface area (Å²) >= 11 is 0. The summed E-state index contributed by atoms with van der Waals surface area (Å²) in [6.07, 6.45) is 0.858. The van der Waals surface area contributed by atoms with Crippen molar-refractivity contribution in [2.24, 2.45) is 4.99 Å². The minimum atomic E-state index is -0.132. The van der Waals surface area contributed by atoms with Crippen molar-refractivity contribution < 1.29 is 9.53 Å². The Hall–Kier alpha value is -2.24. The van der Waals surface area contributed by atoms with Crippen LogP contribution in [0.2, 0.25) is 0 Å². The third-order valence-electron chi connectivity index (χ3n) is 3.23. The van der Waals surface area contributed by atoms with Gasteiger partial charge < -0.3 is 20.3 Å². The maximum absolute atomic E-state index is 11.7. The Morgan fingerprint density at radius 3 is 2.33 bits per heavy atom. The summed E-state index contributed by atoms with van der Waals surface area (Å²) in [7, 11) is 5.12. The molecule has 0 aliphatic carbocycles. The van der Waals surface area contributed by atoms with Gasteiger partial charge in [-0.05, 0) is 44.9 Å². The molecular weight excluding hydrogens is 304 g/mol. The Morgan fingerprint density at radius 2 is 1.83 bits per heavy atom. The fourth-order valence-electron chi connectivity index (χ4n) is 1.90. The lowest BCUT2D eigenvalue weighted by molar-refractivity contribution is -0.127. The van der Waals surface area contributed by atoms with E-state index in [0.717, 1.165) is 18.7 Å². The minimum absolute atomic E-state index is 0.0276. The molecule has 1 aromatic rings. The highest BCUT2D eigenvalue weighted by Crippen LogP contribution is 2.11. The zero-order valence-corrected chi connectivity index (χ0v) is 15.6. The molecule has 0 aromatic heterocycles. The van der Waals surface area contributed by atoms with Crippen LogP contribution in [-0.2, 0) is 11.2 Å². The molecule has 0 spiro atoms. The molecule has 1 aromatic carbocycles. The number of amides is 1. The van der Waals surface area contributed by atoms with Crippen molar-refractivity contribution in [2.75, 3.05) is 34.3 Å². The number of likely N-dealkylation sites (N-methyl/N-ethyl adjacent to an activating group) is 1. The number of hydrogen-bond donors (Lipinski definition) is 2. The first-order chi connectivity index (χ1) is 11.2. The van der Waals surface area contributed by atoms with E-state index >= 15 is 0 Å². The largest absolute Gasteiger partial charge is 0.497 e. The predicted molar refractivity (Wildman–Crippen MR) is 98.6 cm³/mol. The van der Waals surface area contributed by atoms with E-state index in [0.29, 0.717) is 5.96 Å². The Morgan fingerprint density at radius 1 is 1.21 bits per heavy atom. The van der Waals surface area contributed by atoms with E-state index in [4.69, 9.17) is 4.74 Å². The molecule has 1 amide bonds. The summed E-state index contributed by atoms with van der Waals surface area (Å²) in [5, 5.41) is 6.59. The second-order valence-corrected chi connectivity index (χ2v) is 6.85. The lowest BCUT2D eigenvalue weighted by Gasteiger charge is -2.24. The highest BCUT2D eigenvalue weighted by Gasteiger charge is 2.13. The fraction of sp³-hybridized carbons (Fsp3) is 0.556. The van der Waals surface area contributed by atoms with E-state index in [-0.39, 0.29) is 18.0 Å². The van der Waals surface area contributed by atoms with Crippen LogP contribution in [0.5, 0.6) is 5.75 Å². The van der Waals surface area contributed by atoms with Crippen LogP contribution in [0, 0.1) is 0 Å². The maximum atomic E-state index is 11.7. The standard InChI is InChI=1S/C18H30N4O2/c1-18(2,3)21-17(20-13-16(23)22(4)5)19-12-11-14-7-9-15(24-6)10-8-14/h7-10H,11-13H2,1-6H3,(H2,19,20,21). The van der Waals surface area contributed by atoms with Gasteiger partial charge in [0.25, 0.3) is 0 Å². The summed E-state index contributed by atoms with van der Waals surface area (Å²) in [5.41, 5.74) is 1.08. The first-order valence-corrected chi connectivity index (χ1v) is 8.11. The number of carbonyl (C=O) groups excluding carboxylic acids is 1. The number of nitrogens with zero attached hydrogens (tertiary/aromatic N) is 2. The SMILES string of the molecule is COc1ccc(CCNC(=NCC(=O)N(C)C)NC(C)(C)C)cc1. The quantitative estimate of drug-likeness (QED) is 0.613. The molecule has 0 saturated heterocycles. The van der Waals surface area contributed by atoms with Crippen molar-refractivity contribution in [2.45, 2.75) is 32.7 Å². The number of carbonyl (C=O) groups is 1. The molecule has 24 heavy (non-hydrogen) atoms. The van der Waals surface area contributed by atoms with Crippen molar-refractivity contribution >= 4 is 11.9 Å². The predicted octanol–water partition coefficient (Wildman–Crippen LogP) is 1.66. The second kappa shape index (κ2) is 9.15. The minimum Gasteiger partial charge on any atom is -0.497 e. The first kappa shape index (κ1) is 19.8. The van der Waals surface area contributed by atoms with Crippen LogP contribution in [0.15, 0.2) is 29.3 Å². The number of nitrogens with one attached hydrogen (secondary N) is 2. The Balaban J connectivity index is 2.60. The molecule has 6 nitrogen and oxygen atoms in total. The van der Waals surface area contributed by atoms with Crippen molar-refractivity contribution in [3.8, 4) is 5.75 Å². The number of guanidine groups is 1. The highest BCUT2D eigenvalue weighted by molar-refractivity contribution is 5.85. The Kier molecular flexibility index (Phi) is 7.55. The zero-order valence-electron chi connectivity index (χ0n) is 15.6. The van der Waals surface area contributed by atoms with E-state index in [9.17, 15) is 4.79 Å². The van der Waals surface area contributed by atoms with Gasteiger partial charge in [0.1, 0.15) is 12.3 Å². The molecule has 0 unspecified atom stereocenters. The monoisotopic (exact) mass is 334 g/mol. The molecule has 0 saturated carbocycles. The van der Waals surface area contributed by atoms with Gasteiger partial charge in [-0.1, -0.05) is 12.1 Å². The maximum Gasteiger partial charge on any atom is 0.243 e. The molecule has 0 aliphatic heterocycles. The molecule has 0 radical (unpaired) electrons. The third kappa shape index (κ3) is 7.85. The van der Waals surface area contributed by atoms with Crippen LogP contribution in [0.4, 0.5) is 0 Å². The molecule has 2 N–H and O–H groups in total. The lowest BCUT2D eigenvalue weighted by Crippen LogP contribution is -2.48. The number of methoxy groups -OCH3 is 1. The van der Waals surface area contributed by atoms with Crippen molar-refractivity contribution in [3.63, 3.8) is 0 Å². The van der Waals surface area contributed by atoms with Crippen molar-refractivity contribution in [3.05, 3.63) is 29.8 Å². The second-order valence-electron chi connectivity index (χ2n) is 6.85. The number of benzene rings is 1. The lowest BCUT2D eigenvalue weighted by atomic mass is 10.1. The van der Waals surface area contributed by atoms with Crippen molar-refractivity contribution in [1.82, 2.24) is 15.5 Å². The van der Waals surface area contributed by atoms with Gasteiger partial charge in [0, 0.05) is 26.2 Å². The molecule has 0 bridgehead atoms. The molecule has 1 rings (SSSR count). The van der Waals surface area contributed by atoms with Gasteiger partial charge in [-0.3, -0.25) is 4.79 Å². The van der Waals surface area contributed by atoms with Gasteiger partial charge in [0.2, 0.25) is 5.91 Å². The molecule has 0 aliphatic rings. The molecular formula is C18H30N4O2. The van der Waals surface area contributed by atoms with E-state index in [2.05, 4.69) is 36.4 Å². The van der Waals surface area contributed by atoms with Gasteiger partial charge in [-0.25, -0.2) is 4.99 Å². The smallest absolute Gasteiger partial charge is 0.243 e. The molecule has 0 fully saturated rings.